The van der Waals surface area contributed by atoms with Crippen LogP contribution in [0.4, 0.5) is 0 Å². The van der Waals surface area contributed by atoms with Crippen LogP contribution >= 0.6 is 11.3 Å². The second-order valence-corrected chi connectivity index (χ2v) is 6.39. The molecule has 0 fully saturated rings. The molecular weight excluding hydrogens is 246 g/mol. The Bertz CT molecular complexity index is 524. The van der Waals surface area contributed by atoms with Gasteiger partial charge in [0.2, 0.25) is 0 Å². The SMILES string of the molecule is Cn1ccc(CC(O)c2csc(C(C)(C)C)n2)n1. The molecule has 0 saturated heterocycles. The zero-order valence-corrected chi connectivity index (χ0v) is 12.0. The first kappa shape index (κ1) is 13.2. The molecule has 98 valence electrons. The molecule has 0 aliphatic carbocycles. The number of rotatable bonds is 3. The molecule has 2 heterocycles. The molecule has 0 spiro atoms. The second kappa shape index (κ2) is 4.82. The summed E-state index contributed by atoms with van der Waals surface area (Å²) in [6.45, 7) is 6.38. The van der Waals surface area contributed by atoms with E-state index in [-0.39, 0.29) is 5.41 Å². The van der Waals surface area contributed by atoms with Gasteiger partial charge >= 0.3 is 0 Å². The van der Waals surface area contributed by atoms with Crippen molar-refractivity contribution in [1.29, 1.82) is 0 Å². The molecule has 2 aromatic heterocycles. The third-order valence-corrected chi connectivity index (χ3v) is 3.96. The number of aliphatic hydroxyl groups excluding tert-OH is 1. The molecule has 1 N–H and O–H groups in total. The van der Waals surface area contributed by atoms with Gasteiger partial charge in [-0.15, -0.1) is 11.3 Å². The smallest absolute Gasteiger partial charge is 0.102 e. The summed E-state index contributed by atoms with van der Waals surface area (Å²) in [6.07, 6.45) is 1.81. The monoisotopic (exact) mass is 265 g/mol. The number of hydrogen-bond acceptors (Lipinski definition) is 4. The van der Waals surface area contributed by atoms with Crippen LogP contribution in [0.25, 0.3) is 0 Å². The summed E-state index contributed by atoms with van der Waals surface area (Å²) in [5.74, 6) is 0. The maximum Gasteiger partial charge on any atom is 0.102 e. The molecule has 0 saturated carbocycles. The fourth-order valence-electron chi connectivity index (χ4n) is 1.66. The lowest BCUT2D eigenvalue weighted by Crippen LogP contribution is -2.11. The molecular formula is C13H19N3OS. The van der Waals surface area contributed by atoms with Gasteiger partial charge in [0.25, 0.3) is 0 Å². The van der Waals surface area contributed by atoms with Crippen molar-refractivity contribution in [3.63, 3.8) is 0 Å². The highest BCUT2D eigenvalue weighted by Gasteiger charge is 2.21. The highest BCUT2D eigenvalue weighted by atomic mass is 32.1. The van der Waals surface area contributed by atoms with Crippen molar-refractivity contribution in [2.75, 3.05) is 0 Å². The van der Waals surface area contributed by atoms with Crippen molar-refractivity contribution in [3.05, 3.63) is 34.0 Å². The largest absolute Gasteiger partial charge is 0.386 e. The van der Waals surface area contributed by atoms with E-state index >= 15 is 0 Å². The van der Waals surface area contributed by atoms with E-state index in [0.29, 0.717) is 6.42 Å². The maximum atomic E-state index is 10.2. The van der Waals surface area contributed by atoms with E-state index < -0.39 is 6.10 Å². The van der Waals surface area contributed by atoms with Crippen LogP contribution < -0.4 is 0 Å². The van der Waals surface area contributed by atoms with Crippen molar-refractivity contribution < 1.29 is 5.11 Å². The van der Waals surface area contributed by atoms with Gasteiger partial charge in [-0.3, -0.25) is 4.68 Å². The van der Waals surface area contributed by atoms with E-state index in [9.17, 15) is 5.11 Å². The van der Waals surface area contributed by atoms with Crippen molar-refractivity contribution in [1.82, 2.24) is 14.8 Å². The van der Waals surface area contributed by atoms with Crippen LogP contribution in [-0.2, 0) is 18.9 Å². The predicted molar refractivity (Wildman–Crippen MR) is 72.7 cm³/mol. The van der Waals surface area contributed by atoms with E-state index in [2.05, 4.69) is 30.9 Å². The highest BCUT2D eigenvalue weighted by molar-refractivity contribution is 7.09. The average Bonchev–Trinajstić information content (AvgIpc) is 2.85. The molecule has 0 amide bonds. The van der Waals surface area contributed by atoms with Gasteiger partial charge in [-0.05, 0) is 6.07 Å². The van der Waals surface area contributed by atoms with Crippen LogP contribution in [0.3, 0.4) is 0 Å². The minimum atomic E-state index is -0.577. The van der Waals surface area contributed by atoms with Crippen molar-refractivity contribution in [2.45, 2.75) is 38.7 Å². The van der Waals surface area contributed by atoms with E-state index in [0.717, 1.165) is 16.4 Å². The molecule has 4 nitrogen and oxygen atoms in total. The lowest BCUT2D eigenvalue weighted by atomic mass is 9.98. The van der Waals surface area contributed by atoms with Crippen LogP contribution in [0, 0.1) is 0 Å². The summed E-state index contributed by atoms with van der Waals surface area (Å²) in [5, 5.41) is 17.4. The Morgan fingerprint density at radius 2 is 2.17 bits per heavy atom. The first-order chi connectivity index (χ1) is 8.36. The molecule has 2 aromatic rings. The third-order valence-electron chi connectivity index (χ3n) is 2.68. The Labute approximate surface area is 111 Å². The van der Waals surface area contributed by atoms with Crippen molar-refractivity contribution in [2.24, 2.45) is 7.05 Å². The molecule has 1 atom stereocenters. The van der Waals surface area contributed by atoms with Crippen LogP contribution in [-0.4, -0.2) is 19.9 Å². The van der Waals surface area contributed by atoms with E-state index in [1.807, 2.05) is 24.7 Å². The summed E-state index contributed by atoms with van der Waals surface area (Å²) >= 11 is 1.60. The van der Waals surface area contributed by atoms with Crippen molar-refractivity contribution in [3.8, 4) is 0 Å². The van der Waals surface area contributed by atoms with Gasteiger partial charge in [-0.25, -0.2) is 4.98 Å². The summed E-state index contributed by atoms with van der Waals surface area (Å²) < 4.78 is 1.74. The van der Waals surface area contributed by atoms with Crippen LogP contribution in [0.5, 0.6) is 0 Å². The highest BCUT2D eigenvalue weighted by Crippen LogP contribution is 2.28. The van der Waals surface area contributed by atoms with Gasteiger partial charge < -0.3 is 5.11 Å². The molecule has 0 aliphatic heterocycles. The minimum Gasteiger partial charge on any atom is -0.386 e. The second-order valence-electron chi connectivity index (χ2n) is 5.53. The first-order valence-corrected chi connectivity index (χ1v) is 6.87. The van der Waals surface area contributed by atoms with Crippen LogP contribution in [0.1, 0.15) is 43.3 Å². The summed E-state index contributed by atoms with van der Waals surface area (Å²) in [7, 11) is 1.87. The van der Waals surface area contributed by atoms with Crippen LogP contribution in [0.2, 0.25) is 0 Å². The molecule has 18 heavy (non-hydrogen) atoms. The van der Waals surface area contributed by atoms with Gasteiger partial charge in [0.15, 0.2) is 0 Å². The Balaban J connectivity index is 2.09. The Kier molecular flexibility index (Phi) is 3.54. The zero-order valence-electron chi connectivity index (χ0n) is 11.2. The summed E-state index contributed by atoms with van der Waals surface area (Å²) in [5.41, 5.74) is 1.67. The third kappa shape index (κ3) is 2.97. The fourth-order valence-corrected chi connectivity index (χ4v) is 2.61. The quantitative estimate of drug-likeness (QED) is 0.927. The number of aryl methyl sites for hydroxylation is 1. The molecule has 0 aromatic carbocycles. The Morgan fingerprint density at radius 3 is 2.67 bits per heavy atom. The van der Waals surface area contributed by atoms with Gasteiger partial charge in [0.05, 0.1) is 16.4 Å². The molecule has 0 bridgehead atoms. The van der Waals surface area contributed by atoms with Crippen LogP contribution in [0.15, 0.2) is 17.6 Å². The number of hydrogen-bond donors (Lipinski definition) is 1. The number of aromatic nitrogens is 3. The van der Waals surface area contributed by atoms with E-state index in [1.165, 1.54) is 0 Å². The lowest BCUT2D eigenvalue weighted by molar-refractivity contribution is 0.172. The average molecular weight is 265 g/mol. The first-order valence-electron chi connectivity index (χ1n) is 5.99. The molecule has 2 rings (SSSR count). The minimum absolute atomic E-state index is 0.0354. The summed E-state index contributed by atoms with van der Waals surface area (Å²) in [6, 6.07) is 1.92. The molecule has 0 radical (unpaired) electrons. The molecule has 0 aliphatic rings. The van der Waals surface area contributed by atoms with Gasteiger partial charge in [-0.1, -0.05) is 20.8 Å². The van der Waals surface area contributed by atoms with Gasteiger partial charge in [-0.2, -0.15) is 5.10 Å². The summed E-state index contributed by atoms with van der Waals surface area (Å²) in [4.78, 5) is 4.52. The number of thiazole rings is 1. The lowest BCUT2D eigenvalue weighted by Gasteiger charge is -2.14. The topological polar surface area (TPSA) is 50.9 Å². The molecule has 5 heteroatoms. The molecule has 1 unspecified atom stereocenters. The van der Waals surface area contributed by atoms with Crippen molar-refractivity contribution >= 4 is 11.3 Å². The normalized spacial score (nSPS) is 13.8. The number of aliphatic hydroxyl groups is 1. The number of nitrogens with zero attached hydrogens (tertiary/aromatic N) is 3. The standard InChI is InChI=1S/C13H19N3OS/c1-13(2,3)12-14-10(8-18-12)11(17)7-9-5-6-16(4)15-9/h5-6,8,11,17H,7H2,1-4H3. The van der Waals surface area contributed by atoms with E-state index in [1.54, 1.807) is 16.0 Å². The predicted octanol–water partition coefficient (Wildman–Crippen LogP) is 2.45. The van der Waals surface area contributed by atoms with E-state index in [4.69, 9.17) is 0 Å². The van der Waals surface area contributed by atoms with Gasteiger partial charge in [0, 0.05) is 30.5 Å². The fraction of sp³-hybridized carbons (Fsp3) is 0.538. The zero-order chi connectivity index (χ0) is 13.3. The maximum absolute atomic E-state index is 10.2. The Morgan fingerprint density at radius 1 is 1.44 bits per heavy atom. The van der Waals surface area contributed by atoms with Gasteiger partial charge in [0.1, 0.15) is 6.10 Å². The Hall–Kier alpha value is -1.20.